The highest BCUT2D eigenvalue weighted by Crippen LogP contribution is 2.31. The van der Waals surface area contributed by atoms with Gasteiger partial charge in [-0.1, -0.05) is 11.3 Å². The number of carbonyl (C=O) groups is 1. The second-order valence-corrected chi connectivity index (χ2v) is 6.53. The first-order valence-corrected chi connectivity index (χ1v) is 8.55. The molecule has 3 heterocycles. The van der Waals surface area contributed by atoms with Crippen molar-refractivity contribution in [3.8, 4) is 0 Å². The fraction of sp³-hybridized carbons (Fsp3) is 0.538. The number of piperazine rings is 1. The van der Waals surface area contributed by atoms with Crippen LogP contribution in [-0.4, -0.2) is 68.4 Å². The van der Waals surface area contributed by atoms with Crippen LogP contribution in [0, 0.1) is 17.0 Å². The standard InChI is InChI=1S/C13H18N8O3S/c1-9-11(21(23)24)12(18(2)17-9)20-5-3-19(4-6-20)7-10(22)15-13-16-14-8-25-13/h8H,3-7H2,1-2H3,(H,15,16,22). The van der Waals surface area contributed by atoms with Crippen LogP contribution in [0.5, 0.6) is 0 Å². The molecule has 0 bridgehead atoms. The zero-order valence-corrected chi connectivity index (χ0v) is 14.7. The Kier molecular flexibility index (Phi) is 4.90. The molecule has 2 aromatic heterocycles. The molecule has 1 aliphatic rings. The van der Waals surface area contributed by atoms with Crippen molar-refractivity contribution in [2.24, 2.45) is 7.05 Å². The van der Waals surface area contributed by atoms with Crippen LogP contribution >= 0.6 is 11.3 Å². The number of nitro groups is 1. The molecule has 11 nitrogen and oxygen atoms in total. The molecule has 0 radical (unpaired) electrons. The van der Waals surface area contributed by atoms with E-state index < -0.39 is 0 Å². The largest absolute Gasteiger partial charge is 0.349 e. The number of carbonyl (C=O) groups excluding carboxylic acids is 1. The van der Waals surface area contributed by atoms with Crippen molar-refractivity contribution in [2.45, 2.75) is 6.92 Å². The molecule has 1 amide bonds. The third-order valence-electron chi connectivity index (χ3n) is 3.99. The predicted molar refractivity (Wildman–Crippen MR) is 91.8 cm³/mol. The molecule has 0 aliphatic carbocycles. The average Bonchev–Trinajstić information content (AvgIpc) is 3.15. The summed E-state index contributed by atoms with van der Waals surface area (Å²) in [6, 6.07) is 0. The third kappa shape index (κ3) is 3.74. The fourth-order valence-corrected chi connectivity index (χ4v) is 3.37. The van der Waals surface area contributed by atoms with Crippen LogP contribution in [0.4, 0.5) is 16.6 Å². The lowest BCUT2D eigenvalue weighted by molar-refractivity contribution is -0.384. The topological polar surface area (TPSA) is 122 Å². The number of aryl methyl sites for hydroxylation is 2. The Balaban J connectivity index is 1.59. The first-order chi connectivity index (χ1) is 12.0. The minimum Gasteiger partial charge on any atom is -0.349 e. The van der Waals surface area contributed by atoms with Gasteiger partial charge in [-0.3, -0.25) is 25.1 Å². The minimum absolute atomic E-state index is 0.0463. The summed E-state index contributed by atoms with van der Waals surface area (Å²) in [5, 5.41) is 26.1. The van der Waals surface area contributed by atoms with Crippen molar-refractivity contribution in [1.29, 1.82) is 0 Å². The average molecular weight is 366 g/mol. The molecule has 0 unspecified atom stereocenters. The number of aromatic nitrogens is 4. The summed E-state index contributed by atoms with van der Waals surface area (Å²) in [7, 11) is 1.71. The lowest BCUT2D eigenvalue weighted by Gasteiger charge is -2.34. The smallest absolute Gasteiger partial charge is 0.333 e. The molecule has 12 heteroatoms. The van der Waals surface area contributed by atoms with E-state index in [0.717, 1.165) is 0 Å². The van der Waals surface area contributed by atoms with Crippen molar-refractivity contribution >= 4 is 33.9 Å². The van der Waals surface area contributed by atoms with E-state index in [1.165, 1.54) is 11.3 Å². The van der Waals surface area contributed by atoms with Gasteiger partial charge in [-0.25, -0.2) is 4.68 Å². The van der Waals surface area contributed by atoms with E-state index in [0.29, 0.717) is 42.8 Å². The molecule has 1 aliphatic heterocycles. The van der Waals surface area contributed by atoms with E-state index in [4.69, 9.17) is 0 Å². The van der Waals surface area contributed by atoms with Gasteiger partial charge in [0.1, 0.15) is 11.2 Å². The normalized spacial score (nSPS) is 15.4. The number of hydrogen-bond acceptors (Lipinski definition) is 9. The van der Waals surface area contributed by atoms with E-state index in [1.807, 2.05) is 9.80 Å². The maximum Gasteiger partial charge on any atom is 0.333 e. The quantitative estimate of drug-likeness (QED) is 0.590. The van der Waals surface area contributed by atoms with Gasteiger partial charge < -0.3 is 4.90 Å². The highest BCUT2D eigenvalue weighted by molar-refractivity contribution is 7.13. The molecular weight excluding hydrogens is 348 g/mol. The Hall–Kier alpha value is -2.60. The van der Waals surface area contributed by atoms with Crippen LogP contribution in [0.3, 0.4) is 0 Å². The van der Waals surface area contributed by atoms with Gasteiger partial charge in [-0.15, -0.1) is 10.2 Å². The summed E-state index contributed by atoms with van der Waals surface area (Å²) in [5.74, 6) is 0.369. The minimum atomic E-state index is -0.389. The maximum atomic E-state index is 12.0. The molecule has 2 aromatic rings. The van der Waals surface area contributed by atoms with Crippen LogP contribution in [0.1, 0.15) is 5.69 Å². The number of amides is 1. The molecule has 1 fully saturated rings. The molecule has 0 saturated carbocycles. The molecular formula is C13H18N8O3S. The Morgan fingerprint density at radius 3 is 2.72 bits per heavy atom. The van der Waals surface area contributed by atoms with E-state index in [9.17, 15) is 14.9 Å². The van der Waals surface area contributed by atoms with E-state index >= 15 is 0 Å². The van der Waals surface area contributed by atoms with Crippen molar-refractivity contribution < 1.29 is 9.72 Å². The molecule has 0 atom stereocenters. The van der Waals surface area contributed by atoms with Gasteiger partial charge in [0.2, 0.25) is 16.9 Å². The third-order valence-corrected chi connectivity index (χ3v) is 4.60. The van der Waals surface area contributed by atoms with Crippen molar-refractivity contribution in [3.63, 3.8) is 0 Å². The molecule has 25 heavy (non-hydrogen) atoms. The second-order valence-electron chi connectivity index (χ2n) is 5.69. The molecule has 0 aromatic carbocycles. The summed E-state index contributed by atoms with van der Waals surface area (Å²) in [6.07, 6.45) is 0. The summed E-state index contributed by atoms with van der Waals surface area (Å²) < 4.78 is 1.55. The zero-order chi connectivity index (χ0) is 18.0. The highest BCUT2D eigenvalue weighted by Gasteiger charge is 2.30. The van der Waals surface area contributed by atoms with Crippen molar-refractivity contribution in [1.82, 2.24) is 24.9 Å². The monoisotopic (exact) mass is 366 g/mol. The van der Waals surface area contributed by atoms with Crippen LogP contribution in [0.15, 0.2) is 5.51 Å². The van der Waals surface area contributed by atoms with Gasteiger partial charge in [0, 0.05) is 33.2 Å². The van der Waals surface area contributed by atoms with Crippen LogP contribution in [-0.2, 0) is 11.8 Å². The van der Waals surface area contributed by atoms with Gasteiger partial charge in [0.05, 0.1) is 11.5 Å². The molecule has 3 rings (SSSR count). The number of rotatable bonds is 5. The first kappa shape index (κ1) is 17.2. The van der Waals surface area contributed by atoms with E-state index in [2.05, 4.69) is 20.6 Å². The maximum absolute atomic E-state index is 12.0. The molecule has 134 valence electrons. The number of hydrogen-bond donors (Lipinski definition) is 1. The molecule has 1 N–H and O–H groups in total. The summed E-state index contributed by atoms with van der Waals surface area (Å²) in [6.45, 7) is 4.32. The fourth-order valence-electron chi connectivity index (χ4n) is 2.91. The van der Waals surface area contributed by atoms with Crippen molar-refractivity contribution in [2.75, 3.05) is 42.9 Å². The summed E-state index contributed by atoms with van der Waals surface area (Å²) in [5.41, 5.74) is 2.00. The lowest BCUT2D eigenvalue weighted by atomic mass is 10.3. The van der Waals surface area contributed by atoms with Crippen LogP contribution < -0.4 is 10.2 Å². The Morgan fingerprint density at radius 2 is 2.12 bits per heavy atom. The van der Waals surface area contributed by atoms with Gasteiger partial charge in [-0.2, -0.15) is 5.10 Å². The Labute approximate surface area is 147 Å². The number of anilines is 2. The Bertz CT molecular complexity index is 767. The highest BCUT2D eigenvalue weighted by atomic mass is 32.1. The molecule has 0 spiro atoms. The number of nitrogens with one attached hydrogen (secondary N) is 1. The van der Waals surface area contributed by atoms with Gasteiger partial charge in [0.15, 0.2) is 0 Å². The lowest BCUT2D eigenvalue weighted by Crippen LogP contribution is -2.49. The predicted octanol–water partition coefficient (Wildman–Crippen LogP) is 0.249. The molecule has 1 saturated heterocycles. The van der Waals surface area contributed by atoms with E-state index in [1.54, 1.807) is 24.2 Å². The summed E-state index contributed by atoms with van der Waals surface area (Å²) >= 11 is 1.26. The SMILES string of the molecule is Cc1nn(C)c(N2CCN(CC(=O)Nc3nncs3)CC2)c1[N+](=O)[O-]. The van der Waals surface area contributed by atoms with Gasteiger partial charge in [-0.05, 0) is 6.92 Å². The number of nitrogens with zero attached hydrogens (tertiary/aromatic N) is 7. The van der Waals surface area contributed by atoms with Gasteiger partial charge in [0.25, 0.3) is 0 Å². The van der Waals surface area contributed by atoms with Crippen LogP contribution in [0.25, 0.3) is 0 Å². The Morgan fingerprint density at radius 1 is 1.40 bits per heavy atom. The summed E-state index contributed by atoms with van der Waals surface area (Å²) in [4.78, 5) is 26.9. The van der Waals surface area contributed by atoms with Gasteiger partial charge >= 0.3 is 5.69 Å². The van der Waals surface area contributed by atoms with E-state index in [-0.39, 0.29) is 23.1 Å². The van der Waals surface area contributed by atoms with Crippen LogP contribution in [0.2, 0.25) is 0 Å². The second kappa shape index (κ2) is 7.11. The zero-order valence-electron chi connectivity index (χ0n) is 13.9. The van der Waals surface area contributed by atoms with Crippen molar-refractivity contribution in [3.05, 3.63) is 21.3 Å². The first-order valence-electron chi connectivity index (χ1n) is 7.67.